The smallest absolute Gasteiger partial charge is 0.282 e. The minimum absolute atomic E-state index is 0.134. The van der Waals surface area contributed by atoms with E-state index < -0.39 is 0 Å². The maximum Gasteiger partial charge on any atom is 0.282 e. The first-order valence-electron chi connectivity index (χ1n) is 4.59. The second-order valence-electron chi connectivity index (χ2n) is 3.18. The van der Waals surface area contributed by atoms with Gasteiger partial charge in [-0.15, -0.1) is 0 Å². The normalized spacial score (nSPS) is 20.0. The molecule has 1 aliphatic heterocycles. The Bertz CT molecular complexity index is 323. The summed E-state index contributed by atoms with van der Waals surface area (Å²) in [5.41, 5.74) is 6.48. The van der Waals surface area contributed by atoms with E-state index in [1.807, 2.05) is 30.3 Å². The van der Waals surface area contributed by atoms with Crippen molar-refractivity contribution in [1.29, 1.82) is 0 Å². The van der Waals surface area contributed by atoms with E-state index in [0.717, 1.165) is 12.2 Å². The van der Waals surface area contributed by atoms with Crippen LogP contribution in [0.15, 0.2) is 35.3 Å². The summed E-state index contributed by atoms with van der Waals surface area (Å²) in [6.07, 6.45) is 0. The third-order valence-electron chi connectivity index (χ3n) is 2.05. The van der Waals surface area contributed by atoms with Gasteiger partial charge < -0.3 is 15.8 Å². The number of anilines is 1. The van der Waals surface area contributed by atoms with Crippen molar-refractivity contribution < 1.29 is 4.74 Å². The molecule has 1 heterocycles. The monoisotopic (exact) mass is 191 g/mol. The molecule has 2 rings (SSSR count). The van der Waals surface area contributed by atoms with Crippen LogP contribution in [0, 0.1) is 0 Å². The molecule has 0 spiro atoms. The highest BCUT2D eigenvalue weighted by Crippen LogP contribution is 2.07. The Kier molecular flexibility index (Phi) is 2.53. The van der Waals surface area contributed by atoms with Crippen molar-refractivity contribution >= 4 is 11.7 Å². The van der Waals surface area contributed by atoms with Crippen LogP contribution in [0.2, 0.25) is 0 Å². The third-order valence-corrected chi connectivity index (χ3v) is 2.05. The Balaban J connectivity index is 1.84. The first kappa shape index (κ1) is 8.87. The number of hydrogen-bond acceptors (Lipinski definition) is 4. The van der Waals surface area contributed by atoms with E-state index in [1.54, 1.807) is 0 Å². The highest BCUT2D eigenvalue weighted by molar-refractivity contribution is 5.73. The van der Waals surface area contributed by atoms with E-state index in [-0.39, 0.29) is 6.04 Å². The van der Waals surface area contributed by atoms with Crippen LogP contribution in [-0.2, 0) is 4.74 Å². The van der Waals surface area contributed by atoms with Crippen molar-refractivity contribution in [2.75, 3.05) is 18.5 Å². The van der Waals surface area contributed by atoms with Gasteiger partial charge in [0.2, 0.25) is 0 Å². The number of rotatable bonds is 3. The molecule has 14 heavy (non-hydrogen) atoms. The zero-order valence-electron chi connectivity index (χ0n) is 7.81. The summed E-state index contributed by atoms with van der Waals surface area (Å²) >= 11 is 0. The fourth-order valence-electron chi connectivity index (χ4n) is 1.33. The molecule has 74 valence electrons. The molecule has 0 fully saturated rings. The Labute approximate surface area is 82.8 Å². The van der Waals surface area contributed by atoms with Crippen LogP contribution in [0.4, 0.5) is 5.69 Å². The van der Waals surface area contributed by atoms with Crippen molar-refractivity contribution in [3.8, 4) is 0 Å². The summed E-state index contributed by atoms with van der Waals surface area (Å²) < 4.78 is 5.04. The minimum Gasteiger partial charge on any atom is -0.463 e. The van der Waals surface area contributed by atoms with E-state index in [1.165, 1.54) is 0 Å². The molecule has 1 aromatic rings. The fourth-order valence-corrected chi connectivity index (χ4v) is 1.33. The van der Waals surface area contributed by atoms with Crippen LogP contribution >= 0.6 is 0 Å². The number of nitrogens with one attached hydrogen (secondary N) is 1. The summed E-state index contributed by atoms with van der Waals surface area (Å²) in [6, 6.07) is 10.4. The second kappa shape index (κ2) is 4.00. The summed E-state index contributed by atoms with van der Waals surface area (Å²) in [5, 5.41) is 3.26. The van der Waals surface area contributed by atoms with Crippen molar-refractivity contribution in [2.45, 2.75) is 6.04 Å². The molecule has 0 aromatic heterocycles. The van der Waals surface area contributed by atoms with Crippen molar-refractivity contribution in [3.05, 3.63) is 30.3 Å². The molecule has 0 saturated carbocycles. The molecular formula is C10H13N3O. The number of amidine groups is 1. The molecule has 0 amide bonds. The number of nitrogens with two attached hydrogens (primary N) is 1. The topological polar surface area (TPSA) is 59.6 Å². The number of aliphatic imine (C=N–C) groups is 1. The highest BCUT2D eigenvalue weighted by atomic mass is 16.5. The van der Waals surface area contributed by atoms with Crippen LogP contribution in [0.1, 0.15) is 0 Å². The predicted octanol–water partition coefficient (Wildman–Crippen LogP) is 0.812. The van der Waals surface area contributed by atoms with Crippen molar-refractivity contribution in [2.24, 2.45) is 10.7 Å². The van der Waals surface area contributed by atoms with E-state index >= 15 is 0 Å². The van der Waals surface area contributed by atoms with Gasteiger partial charge in [-0.3, -0.25) is 0 Å². The van der Waals surface area contributed by atoms with Gasteiger partial charge >= 0.3 is 0 Å². The van der Waals surface area contributed by atoms with Crippen LogP contribution in [0.5, 0.6) is 0 Å². The Morgan fingerprint density at radius 2 is 2.21 bits per heavy atom. The molecule has 3 N–H and O–H groups in total. The van der Waals surface area contributed by atoms with Gasteiger partial charge in [0.25, 0.3) is 6.02 Å². The minimum atomic E-state index is 0.134. The van der Waals surface area contributed by atoms with Gasteiger partial charge in [0.15, 0.2) is 0 Å². The van der Waals surface area contributed by atoms with Gasteiger partial charge in [0, 0.05) is 12.2 Å². The molecule has 4 nitrogen and oxygen atoms in total. The summed E-state index contributed by atoms with van der Waals surface area (Å²) in [5.74, 6) is 0. The van der Waals surface area contributed by atoms with Crippen molar-refractivity contribution in [3.63, 3.8) is 0 Å². The molecule has 0 bridgehead atoms. The lowest BCUT2D eigenvalue weighted by atomic mass is 10.3. The van der Waals surface area contributed by atoms with Gasteiger partial charge in [-0.1, -0.05) is 18.2 Å². The number of ether oxygens (including phenoxy) is 1. The quantitative estimate of drug-likeness (QED) is 0.743. The third kappa shape index (κ3) is 2.16. The molecule has 1 aliphatic rings. The van der Waals surface area contributed by atoms with Crippen molar-refractivity contribution in [1.82, 2.24) is 0 Å². The van der Waals surface area contributed by atoms with E-state index in [2.05, 4.69) is 10.3 Å². The average molecular weight is 191 g/mol. The van der Waals surface area contributed by atoms with Crippen LogP contribution < -0.4 is 11.1 Å². The van der Waals surface area contributed by atoms with Gasteiger partial charge in [0.05, 0.1) is 0 Å². The maximum atomic E-state index is 5.39. The van der Waals surface area contributed by atoms with Crippen LogP contribution in [0.25, 0.3) is 0 Å². The molecule has 0 radical (unpaired) electrons. The zero-order valence-corrected chi connectivity index (χ0v) is 7.81. The lowest BCUT2D eigenvalue weighted by molar-refractivity contribution is 0.316. The highest BCUT2D eigenvalue weighted by Gasteiger charge is 2.15. The van der Waals surface area contributed by atoms with E-state index in [4.69, 9.17) is 10.5 Å². The molecular weight excluding hydrogens is 178 g/mol. The van der Waals surface area contributed by atoms with Crippen LogP contribution in [-0.4, -0.2) is 25.2 Å². The van der Waals surface area contributed by atoms with Crippen LogP contribution in [0.3, 0.4) is 0 Å². The second-order valence-corrected chi connectivity index (χ2v) is 3.18. The van der Waals surface area contributed by atoms with Gasteiger partial charge in [0.1, 0.15) is 12.6 Å². The van der Waals surface area contributed by atoms with Gasteiger partial charge in [-0.25, -0.2) is 4.99 Å². The van der Waals surface area contributed by atoms with E-state index in [0.29, 0.717) is 12.6 Å². The first-order valence-corrected chi connectivity index (χ1v) is 4.59. The maximum absolute atomic E-state index is 5.39. The number of nitrogens with zero attached hydrogens (tertiary/aromatic N) is 1. The Morgan fingerprint density at radius 1 is 1.43 bits per heavy atom. The van der Waals surface area contributed by atoms with Gasteiger partial charge in [-0.05, 0) is 12.1 Å². The average Bonchev–Trinajstić information content (AvgIpc) is 2.63. The molecule has 0 saturated heterocycles. The molecule has 4 heteroatoms. The Hall–Kier alpha value is -1.71. The lowest BCUT2D eigenvalue weighted by Crippen LogP contribution is -2.18. The molecule has 1 atom stereocenters. The summed E-state index contributed by atoms with van der Waals surface area (Å²) in [4.78, 5) is 4.11. The Morgan fingerprint density at radius 3 is 2.86 bits per heavy atom. The SMILES string of the molecule is NC1=NC(CNc2ccccc2)CO1. The first-order chi connectivity index (χ1) is 6.84. The fraction of sp³-hybridized carbons (Fsp3) is 0.300. The van der Waals surface area contributed by atoms with Gasteiger partial charge in [-0.2, -0.15) is 0 Å². The zero-order chi connectivity index (χ0) is 9.80. The summed E-state index contributed by atoms with van der Waals surface area (Å²) in [6.45, 7) is 1.33. The molecule has 1 unspecified atom stereocenters. The lowest BCUT2D eigenvalue weighted by Gasteiger charge is -2.07. The molecule has 1 aromatic carbocycles. The largest absolute Gasteiger partial charge is 0.463 e. The standard InChI is InChI=1S/C10H13N3O/c11-10-13-9(7-14-10)6-12-8-4-2-1-3-5-8/h1-5,9,12H,6-7H2,(H2,11,13). The summed E-state index contributed by atoms with van der Waals surface area (Å²) in [7, 11) is 0. The predicted molar refractivity (Wildman–Crippen MR) is 56.3 cm³/mol. The number of hydrogen-bond donors (Lipinski definition) is 2. The molecule has 0 aliphatic carbocycles. The van der Waals surface area contributed by atoms with E-state index in [9.17, 15) is 0 Å². The number of para-hydroxylation sites is 1. The number of benzene rings is 1.